The Labute approximate surface area is 135 Å². The molecule has 1 unspecified atom stereocenters. The van der Waals surface area contributed by atoms with Gasteiger partial charge in [-0.25, -0.2) is 0 Å². The van der Waals surface area contributed by atoms with Crippen LogP contribution in [-0.4, -0.2) is 40.9 Å². The van der Waals surface area contributed by atoms with Crippen molar-refractivity contribution in [2.24, 2.45) is 0 Å². The minimum atomic E-state index is -0.0957. The molecule has 0 saturated carbocycles. The summed E-state index contributed by atoms with van der Waals surface area (Å²) in [5, 5.41) is 29.5. The van der Waals surface area contributed by atoms with Gasteiger partial charge < -0.3 is 20.1 Å². The molecular formula is C18H21NO4. The van der Waals surface area contributed by atoms with Crippen LogP contribution in [0.3, 0.4) is 0 Å². The number of nitrogens with zero attached hydrogens (tertiary/aromatic N) is 1. The third-order valence-electron chi connectivity index (χ3n) is 4.53. The van der Waals surface area contributed by atoms with Gasteiger partial charge in [-0.15, -0.1) is 0 Å². The highest BCUT2D eigenvalue weighted by Crippen LogP contribution is 2.38. The van der Waals surface area contributed by atoms with Crippen molar-refractivity contribution in [2.75, 3.05) is 20.7 Å². The Morgan fingerprint density at radius 2 is 1.83 bits per heavy atom. The average Bonchev–Trinajstić information content (AvgIpc) is 2.52. The molecule has 0 spiro atoms. The van der Waals surface area contributed by atoms with Gasteiger partial charge in [0.1, 0.15) is 0 Å². The number of phenols is 3. The third kappa shape index (κ3) is 2.92. The summed E-state index contributed by atoms with van der Waals surface area (Å²) >= 11 is 0. The van der Waals surface area contributed by atoms with Crippen LogP contribution in [0.15, 0.2) is 30.3 Å². The maximum atomic E-state index is 9.95. The summed E-state index contributed by atoms with van der Waals surface area (Å²) in [6.45, 7) is 0.879. The van der Waals surface area contributed by atoms with Gasteiger partial charge in [0.25, 0.3) is 0 Å². The summed E-state index contributed by atoms with van der Waals surface area (Å²) in [6, 6.07) is 8.77. The van der Waals surface area contributed by atoms with E-state index < -0.39 is 0 Å². The first-order valence-electron chi connectivity index (χ1n) is 7.60. The second-order valence-electron chi connectivity index (χ2n) is 6.00. The number of ether oxygens (including phenoxy) is 1. The van der Waals surface area contributed by atoms with Crippen molar-refractivity contribution in [3.63, 3.8) is 0 Å². The highest BCUT2D eigenvalue weighted by atomic mass is 16.5. The van der Waals surface area contributed by atoms with Crippen LogP contribution in [0.5, 0.6) is 23.0 Å². The number of hydrogen-bond donors (Lipinski definition) is 3. The number of aromatic hydroxyl groups is 3. The minimum Gasteiger partial charge on any atom is -0.504 e. The molecule has 2 aromatic carbocycles. The maximum absolute atomic E-state index is 9.95. The monoisotopic (exact) mass is 315 g/mol. The van der Waals surface area contributed by atoms with Gasteiger partial charge in [-0.3, -0.25) is 4.90 Å². The van der Waals surface area contributed by atoms with E-state index in [9.17, 15) is 15.3 Å². The summed E-state index contributed by atoms with van der Waals surface area (Å²) in [5.41, 5.74) is 3.06. The van der Waals surface area contributed by atoms with Gasteiger partial charge in [0.2, 0.25) is 0 Å². The van der Waals surface area contributed by atoms with Crippen LogP contribution in [0.2, 0.25) is 0 Å². The Morgan fingerprint density at radius 1 is 1.09 bits per heavy atom. The Morgan fingerprint density at radius 3 is 2.52 bits per heavy atom. The average molecular weight is 315 g/mol. The second-order valence-corrected chi connectivity index (χ2v) is 6.00. The number of hydrogen-bond acceptors (Lipinski definition) is 5. The number of benzene rings is 2. The van der Waals surface area contributed by atoms with Crippen molar-refractivity contribution >= 4 is 0 Å². The van der Waals surface area contributed by atoms with E-state index in [1.807, 2.05) is 13.1 Å². The molecule has 1 atom stereocenters. The van der Waals surface area contributed by atoms with Gasteiger partial charge in [0, 0.05) is 12.6 Å². The molecule has 1 heterocycles. The predicted octanol–water partition coefficient (Wildman–Crippen LogP) is 2.58. The Balaban J connectivity index is 1.94. The van der Waals surface area contributed by atoms with Gasteiger partial charge in [-0.05, 0) is 60.8 Å². The smallest absolute Gasteiger partial charge is 0.160 e. The van der Waals surface area contributed by atoms with Gasteiger partial charge in [-0.2, -0.15) is 0 Å². The van der Waals surface area contributed by atoms with Crippen molar-refractivity contribution < 1.29 is 20.1 Å². The molecule has 0 aromatic heterocycles. The predicted molar refractivity (Wildman–Crippen MR) is 87.2 cm³/mol. The fourth-order valence-corrected chi connectivity index (χ4v) is 3.20. The lowest BCUT2D eigenvalue weighted by Gasteiger charge is -2.35. The summed E-state index contributed by atoms with van der Waals surface area (Å²) < 4.78 is 5.07. The summed E-state index contributed by atoms with van der Waals surface area (Å²) in [6.07, 6.45) is 1.54. The fraction of sp³-hybridized carbons (Fsp3) is 0.333. The van der Waals surface area contributed by atoms with Crippen molar-refractivity contribution in [3.05, 3.63) is 47.0 Å². The molecule has 0 bridgehead atoms. The van der Waals surface area contributed by atoms with Crippen LogP contribution in [-0.2, 0) is 12.8 Å². The lowest BCUT2D eigenvalue weighted by atomic mass is 9.88. The molecule has 2 aromatic rings. The van der Waals surface area contributed by atoms with Crippen molar-refractivity contribution in [3.8, 4) is 23.0 Å². The van der Waals surface area contributed by atoms with Gasteiger partial charge in [-0.1, -0.05) is 6.07 Å². The summed E-state index contributed by atoms with van der Waals surface area (Å²) in [4.78, 5) is 2.22. The molecule has 0 saturated heterocycles. The Bertz CT molecular complexity index is 729. The van der Waals surface area contributed by atoms with Crippen molar-refractivity contribution in [1.82, 2.24) is 4.90 Å². The Kier molecular flexibility index (Phi) is 4.05. The van der Waals surface area contributed by atoms with E-state index in [1.54, 1.807) is 24.3 Å². The molecule has 0 aliphatic carbocycles. The van der Waals surface area contributed by atoms with E-state index in [-0.39, 0.29) is 23.3 Å². The molecule has 3 N–H and O–H groups in total. The molecular weight excluding hydrogens is 294 g/mol. The first kappa shape index (κ1) is 15.5. The highest BCUT2D eigenvalue weighted by molar-refractivity contribution is 5.48. The molecule has 0 amide bonds. The van der Waals surface area contributed by atoms with E-state index in [2.05, 4.69) is 4.90 Å². The van der Waals surface area contributed by atoms with E-state index in [4.69, 9.17) is 4.74 Å². The molecule has 5 heteroatoms. The number of likely N-dealkylation sites (N-methyl/N-ethyl adjacent to an activating group) is 1. The number of rotatable bonds is 3. The van der Waals surface area contributed by atoms with Crippen LogP contribution >= 0.6 is 0 Å². The number of methoxy groups -OCH3 is 1. The zero-order valence-corrected chi connectivity index (χ0v) is 13.3. The number of phenolic OH excluding ortho intramolecular Hbond substituents is 3. The topological polar surface area (TPSA) is 73.2 Å². The zero-order valence-electron chi connectivity index (χ0n) is 13.3. The fourth-order valence-electron chi connectivity index (χ4n) is 3.20. The van der Waals surface area contributed by atoms with Crippen molar-refractivity contribution in [1.29, 1.82) is 0 Å². The molecule has 23 heavy (non-hydrogen) atoms. The van der Waals surface area contributed by atoms with E-state index >= 15 is 0 Å². The SMILES string of the molecule is COc1ccc(CC2c3cc(O)c(O)cc3CCN2C)cc1O. The molecule has 3 rings (SSSR count). The molecule has 1 aliphatic heterocycles. The van der Waals surface area contributed by atoms with Crippen LogP contribution in [0, 0.1) is 0 Å². The normalized spacial score (nSPS) is 17.7. The quantitative estimate of drug-likeness (QED) is 0.759. The molecule has 5 nitrogen and oxygen atoms in total. The molecule has 0 fully saturated rings. The van der Waals surface area contributed by atoms with Gasteiger partial charge >= 0.3 is 0 Å². The third-order valence-corrected chi connectivity index (χ3v) is 4.53. The van der Waals surface area contributed by atoms with E-state index in [1.165, 1.54) is 7.11 Å². The van der Waals surface area contributed by atoms with Gasteiger partial charge in [0.15, 0.2) is 23.0 Å². The van der Waals surface area contributed by atoms with Crippen molar-refractivity contribution in [2.45, 2.75) is 18.9 Å². The molecule has 122 valence electrons. The van der Waals surface area contributed by atoms with Crippen LogP contribution in [0.1, 0.15) is 22.7 Å². The summed E-state index contributed by atoms with van der Waals surface area (Å²) in [5.74, 6) is 0.404. The highest BCUT2D eigenvalue weighted by Gasteiger charge is 2.26. The maximum Gasteiger partial charge on any atom is 0.160 e. The molecule has 0 radical (unpaired) electrons. The summed E-state index contributed by atoms with van der Waals surface area (Å²) in [7, 11) is 3.57. The van der Waals surface area contributed by atoms with Gasteiger partial charge in [0.05, 0.1) is 7.11 Å². The zero-order chi connectivity index (χ0) is 16.6. The first-order valence-corrected chi connectivity index (χ1v) is 7.60. The Hall–Kier alpha value is -2.40. The minimum absolute atomic E-state index is 0.0749. The lowest BCUT2D eigenvalue weighted by Crippen LogP contribution is -2.33. The van der Waals surface area contributed by atoms with Crippen LogP contribution in [0.25, 0.3) is 0 Å². The van der Waals surface area contributed by atoms with Crippen LogP contribution < -0.4 is 4.74 Å². The standard InChI is InChI=1S/C18H21NO4/c1-19-6-5-12-9-15(20)16(21)10-13(12)14(19)7-11-3-4-18(23-2)17(22)8-11/h3-4,8-10,14,20-22H,5-7H2,1-2H3. The first-order chi connectivity index (χ1) is 11.0. The largest absolute Gasteiger partial charge is 0.504 e. The van der Waals surface area contributed by atoms with E-state index in [0.717, 1.165) is 29.7 Å². The second kappa shape index (κ2) is 6.01. The van der Waals surface area contributed by atoms with E-state index in [0.29, 0.717) is 12.2 Å². The molecule has 1 aliphatic rings. The number of fused-ring (bicyclic) bond motifs is 1. The van der Waals surface area contributed by atoms with Crippen LogP contribution in [0.4, 0.5) is 0 Å². The lowest BCUT2D eigenvalue weighted by molar-refractivity contribution is 0.228.